The van der Waals surface area contributed by atoms with E-state index in [0.717, 1.165) is 0 Å². The number of benzene rings is 3. The van der Waals surface area contributed by atoms with Crippen LogP contribution in [0.5, 0.6) is 23.0 Å². The summed E-state index contributed by atoms with van der Waals surface area (Å²) < 4.78 is 59.5. The molecule has 2 heterocycles. The molecule has 3 aromatic carbocycles. The second-order valence-corrected chi connectivity index (χ2v) is 8.33. The molecule has 0 spiro atoms. The van der Waals surface area contributed by atoms with Gasteiger partial charge in [-0.1, -0.05) is 31.1 Å². The SMILES string of the molecule is [2H]C([2H])([2H])CCN1CC(Oc2ccc(C3Oc4cc(O)ccc4C(C([2H])([2H])[2H])=C3c3ccc(O)cc3)cc2)C1. The minimum absolute atomic E-state index is 0.0390. The molecule has 2 aliphatic heterocycles. The maximum Gasteiger partial charge on any atom is 0.150 e. The lowest BCUT2D eigenvalue weighted by atomic mass is 9.86. The fourth-order valence-corrected chi connectivity index (χ4v) is 4.30. The van der Waals surface area contributed by atoms with Gasteiger partial charge in [-0.25, -0.2) is 0 Å². The molecule has 1 atom stereocenters. The van der Waals surface area contributed by atoms with Crippen LogP contribution in [0.4, 0.5) is 0 Å². The largest absolute Gasteiger partial charge is 0.508 e. The first-order chi connectivity index (χ1) is 18.4. The molecule has 5 rings (SSSR count). The Hall–Kier alpha value is -3.44. The Bertz CT molecular complexity index is 1360. The molecule has 170 valence electrons. The van der Waals surface area contributed by atoms with E-state index in [0.29, 0.717) is 47.6 Å². The lowest BCUT2D eigenvalue weighted by Crippen LogP contribution is -2.53. The zero-order valence-corrected chi connectivity index (χ0v) is 18.0. The highest BCUT2D eigenvalue weighted by Gasteiger charge is 2.30. The molecule has 2 N–H and O–H groups in total. The lowest BCUT2D eigenvalue weighted by Gasteiger charge is -2.38. The van der Waals surface area contributed by atoms with Crippen LogP contribution in [0.25, 0.3) is 11.1 Å². The van der Waals surface area contributed by atoms with E-state index in [9.17, 15) is 10.2 Å². The minimum Gasteiger partial charge on any atom is -0.508 e. The highest BCUT2D eigenvalue weighted by Crippen LogP contribution is 2.47. The van der Waals surface area contributed by atoms with Gasteiger partial charge in [0.05, 0.1) is 0 Å². The molecule has 1 fully saturated rings. The Balaban J connectivity index is 1.43. The molecular weight excluding hydrogens is 414 g/mol. The van der Waals surface area contributed by atoms with Crippen LogP contribution < -0.4 is 9.47 Å². The van der Waals surface area contributed by atoms with E-state index in [-0.39, 0.29) is 35.3 Å². The highest BCUT2D eigenvalue weighted by atomic mass is 16.5. The summed E-state index contributed by atoms with van der Waals surface area (Å²) in [6, 6.07) is 17.9. The van der Waals surface area contributed by atoms with E-state index in [1.165, 1.54) is 24.3 Å². The smallest absolute Gasteiger partial charge is 0.150 e. The number of phenolic OH excluding ortho intramolecular Hbond substituents is 2. The van der Waals surface area contributed by atoms with Crippen LogP contribution in [0.3, 0.4) is 0 Å². The number of ether oxygens (including phenoxy) is 2. The summed E-state index contributed by atoms with van der Waals surface area (Å²) in [5.41, 5.74) is 2.22. The molecule has 5 nitrogen and oxygen atoms in total. The van der Waals surface area contributed by atoms with Gasteiger partial charge in [0.1, 0.15) is 35.2 Å². The van der Waals surface area contributed by atoms with Gasteiger partial charge >= 0.3 is 0 Å². The van der Waals surface area contributed by atoms with Crippen molar-refractivity contribution in [3.8, 4) is 23.0 Å². The molecular formula is C28H29NO4. The fourth-order valence-electron chi connectivity index (χ4n) is 4.30. The number of aromatic hydroxyl groups is 2. The summed E-state index contributed by atoms with van der Waals surface area (Å²) in [5, 5.41) is 19.9. The summed E-state index contributed by atoms with van der Waals surface area (Å²) in [7, 11) is 0. The van der Waals surface area contributed by atoms with Gasteiger partial charge in [0, 0.05) is 38.5 Å². The van der Waals surface area contributed by atoms with E-state index in [4.69, 9.17) is 17.7 Å². The molecule has 5 heteroatoms. The maximum atomic E-state index is 10.1. The number of phenols is 2. The second kappa shape index (κ2) is 8.83. The number of nitrogens with zero attached hydrogens (tertiary/aromatic N) is 1. The number of likely N-dealkylation sites (tertiary alicyclic amines) is 1. The van der Waals surface area contributed by atoms with Gasteiger partial charge < -0.3 is 19.7 Å². The van der Waals surface area contributed by atoms with Gasteiger partial charge in [-0.05, 0) is 72.9 Å². The second-order valence-electron chi connectivity index (χ2n) is 8.33. The van der Waals surface area contributed by atoms with E-state index in [1.54, 1.807) is 30.3 Å². The molecule has 0 aliphatic carbocycles. The summed E-state index contributed by atoms with van der Waals surface area (Å²) in [4.78, 5) is 2.04. The third kappa shape index (κ3) is 4.29. The van der Waals surface area contributed by atoms with Crippen molar-refractivity contribution in [3.63, 3.8) is 0 Å². The molecule has 3 aromatic rings. The van der Waals surface area contributed by atoms with Gasteiger partial charge in [-0.2, -0.15) is 0 Å². The molecule has 1 saturated heterocycles. The lowest BCUT2D eigenvalue weighted by molar-refractivity contribution is 0.0202. The first kappa shape index (κ1) is 15.4. The van der Waals surface area contributed by atoms with Crippen molar-refractivity contribution >= 4 is 11.1 Å². The molecule has 0 aromatic heterocycles. The van der Waals surface area contributed by atoms with Gasteiger partial charge in [-0.15, -0.1) is 0 Å². The van der Waals surface area contributed by atoms with E-state index in [2.05, 4.69) is 0 Å². The van der Waals surface area contributed by atoms with Crippen molar-refractivity contribution in [1.29, 1.82) is 0 Å². The Kier molecular flexibility index (Phi) is 4.12. The van der Waals surface area contributed by atoms with Crippen LogP contribution in [0.2, 0.25) is 0 Å². The van der Waals surface area contributed by atoms with E-state index in [1.807, 2.05) is 17.0 Å². The first-order valence-electron chi connectivity index (χ1n) is 13.9. The fraction of sp³-hybridized carbons (Fsp3) is 0.286. The summed E-state index contributed by atoms with van der Waals surface area (Å²) in [6.45, 7) is -2.61. The monoisotopic (exact) mass is 449 g/mol. The zero-order chi connectivity index (χ0) is 27.9. The van der Waals surface area contributed by atoms with E-state index >= 15 is 0 Å². The molecule has 0 amide bonds. The molecule has 2 aliphatic rings. The van der Waals surface area contributed by atoms with Crippen LogP contribution in [0, 0.1) is 0 Å². The van der Waals surface area contributed by atoms with E-state index < -0.39 is 19.8 Å². The zero-order valence-electron chi connectivity index (χ0n) is 24.0. The van der Waals surface area contributed by atoms with Crippen molar-refractivity contribution < 1.29 is 27.9 Å². The van der Waals surface area contributed by atoms with Crippen molar-refractivity contribution in [3.05, 3.63) is 83.4 Å². The van der Waals surface area contributed by atoms with Crippen LogP contribution in [0.1, 0.15) is 51.1 Å². The van der Waals surface area contributed by atoms with Crippen LogP contribution in [-0.2, 0) is 0 Å². The highest BCUT2D eigenvalue weighted by molar-refractivity contribution is 5.95. The van der Waals surface area contributed by atoms with Crippen LogP contribution in [-0.4, -0.2) is 40.9 Å². The van der Waals surface area contributed by atoms with Gasteiger partial charge in [0.15, 0.2) is 0 Å². The summed E-state index contributed by atoms with van der Waals surface area (Å²) in [5.74, 6) is 0.922. The number of rotatable bonds is 6. The van der Waals surface area contributed by atoms with Gasteiger partial charge in [0.25, 0.3) is 0 Å². The van der Waals surface area contributed by atoms with Crippen molar-refractivity contribution in [2.45, 2.75) is 32.3 Å². The summed E-state index contributed by atoms with van der Waals surface area (Å²) in [6.07, 6.45) is -0.693. The third-order valence-electron chi connectivity index (χ3n) is 6.03. The molecule has 0 bridgehead atoms. The van der Waals surface area contributed by atoms with Crippen molar-refractivity contribution in [2.75, 3.05) is 19.6 Å². The molecule has 1 unspecified atom stereocenters. The Morgan fingerprint density at radius 2 is 1.76 bits per heavy atom. The minimum atomic E-state index is -2.49. The average Bonchev–Trinajstić information content (AvgIpc) is 2.84. The molecule has 33 heavy (non-hydrogen) atoms. The van der Waals surface area contributed by atoms with Crippen LogP contribution in [0.15, 0.2) is 66.7 Å². The number of fused-ring (bicyclic) bond motifs is 1. The third-order valence-corrected chi connectivity index (χ3v) is 6.03. The molecule has 0 saturated carbocycles. The number of hydrogen-bond donors (Lipinski definition) is 2. The Morgan fingerprint density at radius 1 is 1.00 bits per heavy atom. The van der Waals surface area contributed by atoms with Crippen molar-refractivity contribution in [2.24, 2.45) is 0 Å². The Labute approximate surface area is 202 Å². The van der Waals surface area contributed by atoms with Crippen molar-refractivity contribution in [1.82, 2.24) is 4.90 Å². The quantitative estimate of drug-likeness (QED) is 0.510. The summed E-state index contributed by atoms with van der Waals surface area (Å²) >= 11 is 0. The molecule has 0 radical (unpaired) electrons. The number of hydrogen-bond acceptors (Lipinski definition) is 5. The van der Waals surface area contributed by atoms with Gasteiger partial charge in [0.2, 0.25) is 0 Å². The standard InChI is InChI=1S/C28H29NO4/c1-3-14-29-16-24(17-29)32-23-11-6-20(7-12-23)28-27(19-4-8-21(30)9-5-19)18(2)25-13-10-22(31)15-26(25)33-28/h4-13,15,24,28,30-31H,3,14,16-17H2,1-2H3/i1D3,2D3. The first-order valence-corrected chi connectivity index (χ1v) is 10.9. The average molecular weight is 450 g/mol. The van der Waals surface area contributed by atoms with Crippen LogP contribution >= 0.6 is 0 Å². The predicted molar refractivity (Wildman–Crippen MR) is 130 cm³/mol. The predicted octanol–water partition coefficient (Wildman–Crippen LogP) is 5.64. The topological polar surface area (TPSA) is 62.2 Å². The van der Waals surface area contributed by atoms with Gasteiger partial charge in [-0.3, -0.25) is 4.90 Å². The number of allylic oxidation sites excluding steroid dienone is 1. The maximum absolute atomic E-state index is 10.1. The normalized spacial score (nSPS) is 21.9. The Morgan fingerprint density at radius 3 is 2.48 bits per heavy atom.